The summed E-state index contributed by atoms with van der Waals surface area (Å²) in [6, 6.07) is 17.3. The molecule has 1 N–H and O–H groups in total. The van der Waals surface area contributed by atoms with Crippen LogP contribution in [0.15, 0.2) is 64.5 Å². The van der Waals surface area contributed by atoms with Gasteiger partial charge >= 0.3 is 0 Å². The van der Waals surface area contributed by atoms with Crippen molar-refractivity contribution in [3.05, 3.63) is 70.5 Å². The van der Waals surface area contributed by atoms with Crippen molar-refractivity contribution in [2.24, 2.45) is 5.10 Å². The molecule has 0 bridgehead atoms. The number of hydrogen-bond donors (Lipinski definition) is 1. The maximum absolute atomic E-state index is 13.0. The molecule has 0 radical (unpaired) electrons. The third kappa shape index (κ3) is 3.94. The van der Waals surface area contributed by atoms with Crippen LogP contribution < -0.4 is 11.0 Å². The van der Waals surface area contributed by atoms with Crippen molar-refractivity contribution in [3.8, 4) is 0 Å². The zero-order valence-corrected chi connectivity index (χ0v) is 14.6. The van der Waals surface area contributed by atoms with Gasteiger partial charge in [0.25, 0.3) is 5.56 Å². The molecular weight excluding hydrogens is 312 g/mol. The number of aromatic nitrogens is 2. The van der Waals surface area contributed by atoms with Crippen molar-refractivity contribution in [2.45, 2.75) is 33.2 Å². The van der Waals surface area contributed by atoms with Crippen molar-refractivity contribution < 1.29 is 0 Å². The topological polar surface area (TPSA) is 59.3 Å². The second-order valence-electron chi connectivity index (χ2n) is 6.04. The first-order valence-electron chi connectivity index (χ1n) is 8.51. The Kier molecular flexibility index (Phi) is 5.23. The maximum Gasteiger partial charge on any atom is 0.263 e. The molecule has 0 spiro atoms. The van der Waals surface area contributed by atoms with Gasteiger partial charge in [0, 0.05) is 5.71 Å². The maximum atomic E-state index is 13.0. The van der Waals surface area contributed by atoms with E-state index in [9.17, 15) is 4.79 Å². The fraction of sp³-hybridized carbons (Fsp3) is 0.250. The molecule has 0 amide bonds. The zero-order valence-electron chi connectivity index (χ0n) is 14.6. The van der Waals surface area contributed by atoms with Gasteiger partial charge in [0.2, 0.25) is 5.95 Å². The van der Waals surface area contributed by atoms with Gasteiger partial charge in [0.15, 0.2) is 0 Å². The molecule has 5 heteroatoms. The third-order valence-electron chi connectivity index (χ3n) is 4.00. The van der Waals surface area contributed by atoms with Crippen molar-refractivity contribution in [2.75, 3.05) is 5.43 Å². The lowest BCUT2D eigenvalue weighted by Gasteiger charge is -2.13. The average Bonchev–Trinajstić information content (AvgIpc) is 2.64. The molecular formula is C20H22N4O. The Balaban J connectivity index is 2.07. The van der Waals surface area contributed by atoms with Gasteiger partial charge < -0.3 is 0 Å². The summed E-state index contributed by atoms with van der Waals surface area (Å²) in [5, 5.41) is 4.99. The van der Waals surface area contributed by atoms with Gasteiger partial charge in [-0.1, -0.05) is 55.8 Å². The summed E-state index contributed by atoms with van der Waals surface area (Å²) in [6.45, 7) is 4.53. The summed E-state index contributed by atoms with van der Waals surface area (Å²) >= 11 is 0. The minimum absolute atomic E-state index is 0.0692. The smallest absolute Gasteiger partial charge is 0.263 e. The lowest BCUT2D eigenvalue weighted by Crippen LogP contribution is -2.25. The summed E-state index contributed by atoms with van der Waals surface area (Å²) in [7, 11) is 0. The Labute approximate surface area is 147 Å². The second kappa shape index (κ2) is 7.75. The monoisotopic (exact) mass is 334 g/mol. The van der Waals surface area contributed by atoms with Gasteiger partial charge in [0.1, 0.15) is 0 Å². The van der Waals surface area contributed by atoms with E-state index in [-0.39, 0.29) is 5.56 Å². The highest BCUT2D eigenvalue weighted by atomic mass is 16.1. The van der Waals surface area contributed by atoms with E-state index in [0.717, 1.165) is 24.1 Å². The van der Waals surface area contributed by atoms with Gasteiger partial charge in [-0.3, -0.25) is 9.36 Å². The first kappa shape index (κ1) is 16.9. The van der Waals surface area contributed by atoms with Crippen LogP contribution in [0.1, 0.15) is 32.3 Å². The molecule has 2 aromatic carbocycles. The number of para-hydroxylation sites is 1. The molecule has 1 aromatic heterocycles. The molecule has 0 aliphatic rings. The van der Waals surface area contributed by atoms with E-state index in [0.29, 0.717) is 23.4 Å². The Bertz CT molecular complexity index is 945. The van der Waals surface area contributed by atoms with Crippen molar-refractivity contribution >= 4 is 22.6 Å². The molecule has 3 rings (SSSR count). The molecule has 5 nitrogen and oxygen atoms in total. The molecule has 0 atom stereocenters. The Morgan fingerprint density at radius 2 is 1.84 bits per heavy atom. The van der Waals surface area contributed by atoms with Crippen LogP contribution in [0.5, 0.6) is 0 Å². The molecule has 0 unspecified atom stereocenters. The van der Waals surface area contributed by atoms with E-state index >= 15 is 0 Å². The number of nitrogens with zero attached hydrogens (tertiary/aromatic N) is 3. The van der Waals surface area contributed by atoms with E-state index in [1.54, 1.807) is 4.57 Å². The molecule has 0 aliphatic heterocycles. The normalized spacial score (nSPS) is 11.7. The Morgan fingerprint density at radius 1 is 1.12 bits per heavy atom. The van der Waals surface area contributed by atoms with Crippen LogP contribution in [0.25, 0.3) is 10.9 Å². The molecule has 128 valence electrons. The van der Waals surface area contributed by atoms with Crippen LogP contribution in [0.4, 0.5) is 5.95 Å². The van der Waals surface area contributed by atoms with Crippen LogP contribution in [0.2, 0.25) is 0 Å². The zero-order chi connectivity index (χ0) is 17.6. The van der Waals surface area contributed by atoms with Crippen molar-refractivity contribution in [1.29, 1.82) is 0 Å². The van der Waals surface area contributed by atoms with Crippen molar-refractivity contribution in [3.63, 3.8) is 0 Å². The number of benzene rings is 2. The van der Waals surface area contributed by atoms with Crippen LogP contribution in [-0.2, 0) is 6.54 Å². The summed E-state index contributed by atoms with van der Waals surface area (Å²) in [4.78, 5) is 17.6. The SMILES string of the molecule is CCCC(C)=NNc1nc2ccccc2c(=O)n1Cc1ccccc1. The summed E-state index contributed by atoms with van der Waals surface area (Å²) in [5.74, 6) is 0.461. The summed E-state index contributed by atoms with van der Waals surface area (Å²) in [5.41, 5.74) is 5.61. The fourth-order valence-electron chi connectivity index (χ4n) is 2.73. The van der Waals surface area contributed by atoms with Crippen LogP contribution >= 0.6 is 0 Å². The number of nitrogens with one attached hydrogen (secondary N) is 1. The van der Waals surface area contributed by atoms with E-state index in [2.05, 4.69) is 22.4 Å². The average molecular weight is 334 g/mol. The number of anilines is 1. The van der Waals surface area contributed by atoms with Gasteiger partial charge in [-0.25, -0.2) is 10.4 Å². The predicted octanol–water partition coefficient (Wildman–Crippen LogP) is 4.03. The Hall–Kier alpha value is -2.95. The van der Waals surface area contributed by atoms with Crippen molar-refractivity contribution in [1.82, 2.24) is 9.55 Å². The van der Waals surface area contributed by atoms with E-state index < -0.39 is 0 Å². The molecule has 25 heavy (non-hydrogen) atoms. The lowest BCUT2D eigenvalue weighted by molar-refractivity contribution is 0.754. The first-order valence-corrected chi connectivity index (χ1v) is 8.51. The molecule has 0 aliphatic carbocycles. The Morgan fingerprint density at radius 3 is 2.60 bits per heavy atom. The number of hydrazone groups is 1. The number of hydrogen-bond acceptors (Lipinski definition) is 4. The standard InChI is InChI=1S/C20H22N4O/c1-3-9-15(2)22-23-20-21-18-13-8-7-12-17(18)19(25)24(20)14-16-10-5-4-6-11-16/h4-8,10-13H,3,9,14H2,1-2H3,(H,21,23). The van der Waals surface area contributed by atoms with Gasteiger partial charge in [-0.15, -0.1) is 0 Å². The lowest BCUT2D eigenvalue weighted by atomic mass is 10.2. The quantitative estimate of drug-likeness (QED) is 0.547. The van der Waals surface area contributed by atoms with E-state index in [4.69, 9.17) is 0 Å². The van der Waals surface area contributed by atoms with Gasteiger partial charge in [-0.2, -0.15) is 5.10 Å². The van der Waals surface area contributed by atoms with E-state index in [1.807, 2.05) is 61.5 Å². The highest BCUT2D eigenvalue weighted by Gasteiger charge is 2.11. The predicted molar refractivity (Wildman–Crippen MR) is 103 cm³/mol. The molecule has 0 saturated heterocycles. The molecule has 3 aromatic rings. The molecule has 0 fully saturated rings. The minimum atomic E-state index is -0.0692. The molecule has 1 heterocycles. The first-order chi connectivity index (χ1) is 12.2. The van der Waals surface area contributed by atoms with E-state index in [1.165, 1.54) is 0 Å². The largest absolute Gasteiger partial charge is 0.272 e. The highest BCUT2D eigenvalue weighted by Crippen LogP contribution is 2.13. The highest BCUT2D eigenvalue weighted by molar-refractivity contribution is 5.82. The fourth-order valence-corrected chi connectivity index (χ4v) is 2.73. The number of fused-ring (bicyclic) bond motifs is 1. The van der Waals surface area contributed by atoms with Crippen LogP contribution in [-0.4, -0.2) is 15.3 Å². The van der Waals surface area contributed by atoms with Crippen LogP contribution in [0, 0.1) is 0 Å². The van der Waals surface area contributed by atoms with Gasteiger partial charge in [0.05, 0.1) is 17.4 Å². The minimum Gasteiger partial charge on any atom is -0.272 e. The van der Waals surface area contributed by atoms with Gasteiger partial charge in [-0.05, 0) is 31.0 Å². The number of rotatable bonds is 6. The second-order valence-corrected chi connectivity index (χ2v) is 6.04. The third-order valence-corrected chi connectivity index (χ3v) is 4.00. The summed E-state index contributed by atoms with van der Waals surface area (Å²) in [6.07, 6.45) is 1.93. The summed E-state index contributed by atoms with van der Waals surface area (Å²) < 4.78 is 1.64. The molecule has 0 saturated carbocycles. The van der Waals surface area contributed by atoms with Crippen LogP contribution in [0.3, 0.4) is 0 Å².